The third-order valence-corrected chi connectivity index (χ3v) is 7.11. The standard InChI is InChI=1S/C32H39NO6S/c1-40-28-22-26(33-25-13-6-4-7-14-25)21-27(23-28)38-19-8-3-2-5-11-24-12-9-15-30(29(24)17-18-32(36)37)39-20-10-16-31(34)35/h4,6-7,9,12-15,21-23,33H,2-3,5,8,10-11,16-20H2,1H3,(H,34,35)(H,36,37). The Morgan fingerprint density at radius 3 is 2.25 bits per heavy atom. The number of anilines is 2. The van der Waals surface area contributed by atoms with E-state index in [4.69, 9.17) is 14.6 Å². The first-order chi connectivity index (χ1) is 19.4. The van der Waals surface area contributed by atoms with Gasteiger partial charge in [-0.15, -0.1) is 11.8 Å². The second-order valence-electron chi connectivity index (χ2n) is 9.53. The molecule has 7 nitrogen and oxygen atoms in total. The van der Waals surface area contributed by atoms with Crippen LogP contribution < -0.4 is 14.8 Å². The van der Waals surface area contributed by atoms with Crippen molar-refractivity contribution in [3.05, 3.63) is 77.9 Å². The summed E-state index contributed by atoms with van der Waals surface area (Å²) in [7, 11) is 0. The lowest BCUT2D eigenvalue weighted by Gasteiger charge is -2.15. The van der Waals surface area contributed by atoms with Gasteiger partial charge in [0.1, 0.15) is 11.5 Å². The van der Waals surface area contributed by atoms with E-state index >= 15 is 0 Å². The van der Waals surface area contributed by atoms with Crippen LogP contribution in [0.3, 0.4) is 0 Å². The van der Waals surface area contributed by atoms with Gasteiger partial charge in [0.25, 0.3) is 0 Å². The Morgan fingerprint density at radius 1 is 0.750 bits per heavy atom. The van der Waals surface area contributed by atoms with Gasteiger partial charge in [0, 0.05) is 35.2 Å². The summed E-state index contributed by atoms with van der Waals surface area (Å²) in [5.41, 5.74) is 4.05. The predicted octanol–water partition coefficient (Wildman–Crippen LogP) is 7.59. The lowest BCUT2D eigenvalue weighted by atomic mass is 9.97. The number of nitrogens with one attached hydrogen (secondary N) is 1. The fourth-order valence-electron chi connectivity index (χ4n) is 4.40. The number of thioether (sulfide) groups is 1. The number of unbranched alkanes of at least 4 members (excludes halogenated alkanes) is 3. The van der Waals surface area contributed by atoms with Crippen molar-refractivity contribution in [2.45, 2.75) is 62.7 Å². The van der Waals surface area contributed by atoms with E-state index in [1.807, 2.05) is 54.6 Å². The van der Waals surface area contributed by atoms with Gasteiger partial charge in [0.15, 0.2) is 0 Å². The monoisotopic (exact) mass is 565 g/mol. The van der Waals surface area contributed by atoms with Crippen LogP contribution in [0.15, 0.2) is 71.6 Å². The summed E-state index contributed by atoms with van der Waals surface area (Å²) in [4.78, 5) is 23.1. The number of para-hydroxylation sites is 1. The number of carboxylic acid groups (broad SMARTS) is 2. The van der Waals surface area contributed by atoms with Crippen LogP contribution in [0, 0.1) is 0 Å². The third-order valence-electron chi connectivity index (χ3n) is 6.40. The topological polar surface area (TPSA) is 105 Å². The number of rotatable bonds is 19. The molecule has 0 bridgehead atoms. The van der Waals surface area contributed by atoms with Crippen molar-refractivity contribution in [3.8, 4) is 11.5 Å². The lowest BCUT2D eigenvalue weighted by molar-refractivity contribution is -0.138. The van der Waals surface area contributed by atoms with Gasteiger partial charge in [-0.25, -0.2) is 0 Å². The molecule has 0 aromatic heterocycles. The van der Waals surface area contributed by atoms with Crippen LogP contribution in [0.1, 0.15) is 56.1 Å². The SMILES string of the molecule is CSc1cc(Nc2ccccc2)cc(OCCCCCCc2cccc(OCCCC(=O)O)c2CCC(=O)O)c1. The fourth-order valence-corrected chi connectivity index (χ4v) is 4.87. The van der Waals surface area contributed by atoms with Crippen molar-refractivity contribution < 1.29 is 29.3 Å². The molecular weight excluding hydrogens is 526 g/mol. The van der Waals surface area contributed by atoms with Crippen LogP contribution in [0.25, 0.3) is 0 Å². The van der Waals surface area contributed by atoms with Crippen molar-refractivity contribution in [1.82, 2.24) is 0 Å². The number of carboxylic acids is 2. The molecular formula is C32H39NO6S. The fraction of sp³-hybridized carbons (Fsp3) is 0.375. The van der Waals surface area contributed by atoms with Gasteiger partial charge in [-0.3, -0.25) is 9.59 Å². The molecule has 3 aromatic rings. The van der Waals surface area contributed by atoms with E-state index in [2.05, 4.69) is 23.7 Å². The molecule has 0 amide bonds. The zero-order chi connectivity index (χ0) is 28.6. The summed E-state index contributed by atoms with van der Waals surface area (Å²) in [5, 5.41) is 21.5. The van der Waals surface area contributed by atoms with Crippen molar-refractivity contribution in [2.75, 3.05) is 24.8 Å². The van der Waals surface area contributed by atoms with Gasteiger partial charge < -0.3 is 25.0 Å². The van der Waals surface area contributed by atoms with Crippen LogP contribution >= 0.6 is 11.8 Å². The molecule has 0 saturated heterocycles. The minimum Gasteiger partial charge on any atom is -0.493 e. The van der Waals surface area contributed by atoms with E-state index in [9.17, 15) is 14.7 Å². The van der Waals surface area contributed by atoms with E-state index in [1.54, 1.807) is 11.8 Å². The molecule has 40 heavy (non-hydrogen) atoms. The average molecular weight is 566 g/mol. The van der Waals surface area contributed by atoms with E-state index in [-0.39, 0.29) is 12.8 Å². The summed E-state index contributed by atoms with van der Waals surface area (Å²) in [5.74, 6) is -0.190. The molecule has 0 aliphatic carbocycles. The van der Waals surface area contributed by atoms with Gasteiger partial charge in [-0.2, -0.15) is 0 Å². The molecule has 214 valence electrons. The molecule has 0 spiro atoms. The lowest BCUT2D eigenvalue weighted by Crippen LogP contribution is -2.07. The molecule has 0 heterocycles. The molecule has 0 aliphatic rings. The quantitative estimate of drug-likeness (QED) is 0.101. The number of hydrogen-bond donors (Lipinski definition) is 3. The molecule has 3 N–H and O–H groups in total. The van der Waals surface area contributed by atoms with E-state index in [0.717, 1.165) is 65.3 Å². The summed E-state index contributed by atoms with van der Waals surface area (Å²) in [6, 6.07) is 22.1. The van der Waals surface area contributed by atoms with Crippen LogP contribution in [-0.2, 0) is 22.4 Å². The Bertz CT molecular complexity index is 1220. The first-order valence-corrected chi connectivity index (χ1v) is 15.0. The van der Waals surface area contributed by atoms with E-state index < -0.39 is 11.9 Å². The molecule has 0 unspecified atom stereocenters. The van der Waals surface area contributed by atoms with Crippen molar-refractivity contribution in [3.63, 3.8) is 0 Å². The average Bonchev–Trinajstić information content (AvgIpc) is 2.94. The Labute approximate surface area is 240 Å². The number of aryl methyl sites for hydroxylation is 1. The van der Waals surface area contributed by atoms with Crippen LogP contribution in [0.2, 0.25) is 0 Å². The largest absolute Gasteiger partial charge is 0.493 e. The molecule has 3 rings (SSSR count). The third kappa shape index (κ3) is 11.2. The summed E-state index contributed by atoms with van der Waals surface area (Å²) in [6.07, 6.45) is 7.77. The van der Waals surface area contributed by atoms with Gasteiger partial charge in [-0.05, 0) is 79.8 Å². The molecule has 0 aliphatic heterocycles. The highest BCUT2D eigenvalue weighted by Gasteiger charge is 2.12. The Balaban J connectivity index is 1.45. The van der Waals surface area contributed by atoms with Gasteiger partial charge in [0.05, 0.1) is 13.2 Å². The predicted molar refractivity (Wildman–Crippen MR) is 160 cm³/mol. The molecule has 0 atom stereocenters. The highest BCUT2D eigenvalue weighted by atomic mass is 32.2. The zero-order valence-electron chi connectivity index (χ0n) is 23.1. The normalized spacial score (nSPS) is 10.7. The smallest absolute Gasteiger partial charge is 0.303 e. The summed E-state index contributed by atoms with van der Waals surface area (Å²) >= 11 is 1.68. The summed E-state index contributed by atoms with van der Waals surface area (Å²) in [6.45, 7) is 0.936. The molecule has 3 aromatic carbocycles. The minimum absolute atomic E-state index is 0.0279. The summed E-state index contributed by atoms with van der Waals surface area (Å²) < 4.78 is 11.9. The maximum Gasteiger partial charge on any atom is 0.303 e. The number of hydrogen-bond acceptors (Lipinski definition) is 6. The molecule has 0 fully saturated rings. The highest BCUT2D eigenvalue weighted by Crippen LogP contribution is 2.29. The molecule has 0 radical (unpaired) electrons. The number of aliphatic carboxylic acids is 2. The van der Waals surface area contributed by atoms with E-state index in [1.165, 1.54) is 0 Å². The Morgan fingerprint density at radius 2 is 1.50 bits per heavy atom. The zero-order valence-corrected chi connectivity index (χ0v) is 23.9. The molecule has 8 heteroatoms. The molecule has 0 saturated carbocycles. The van der Waals surface area contributed by atoms with Crippen LogP contribution in [0.5, 0.6) is 11.5 Å². The van der Waals surface area contributed by atoms with Gasteiger partial charge in [0.2, 0.25) is 0 Å². The second-order valence-corrected chi connectivity index (χ2v) is 10.4. The van der Waals surface area contributed by atoms with Crippen molar-refractivity contribution in [2.24, 2.45) is 0 Å². The Hall–Kier alpha value is -3.65. The van der Waals surface area contributed by atoms with Crippen LogP contribution in [-0.4, -0.2) is 41.6 Å². The van der Waals surface area contributed by atoms with Crippen LogP contribution in [0.4, 0.5) is 11.4 Å². The van der Waals surface area contributed by atoms with Crippen molar-refractivity contribution >= 4 is 35.1 Å². The van der Waals surface area contributed by atoms with Gasteiger partial charge in [-0.1, -0.05) is 43.2 Å². The van der Waals surface area contributed by atoms with Gasteiger partial charge >= 0.3 is 11.9 Å². The first kappa shape index (κ1) is 30.9. The first-order valence-electron chi connectivity index (χ1n) is 13.8. The number of ether oxygens (including phenoxy) is 2. The number of carbonyl (C=O) groups is 2. The van der Waals surface area contributed by atoms with Crippen molar-refractivity contribution in [1.29, 1.82) is 0 Å². The Kier molecular flexibility index (Phi) is 13.2. The number of benzene rings is 3. The highest BCUT2D eigenvalue weighted by molar-refractivity contribution is 7.98. The maximum absolute atomic E-state index is 11.2. The minimum atomic E-state index is -0.854. The maximum atomic E-state index is 11.2. The second kappa shape index (κ2) is 17.1. The van der Waals surface area contributed by atoms with E-state index in [0.29, 0.717) is 31.8 Å².